The minimum Gasteiger partial charge on any atom is -0.427 e. The molecular formula is C47H40N2O2. The standard InChI is InChI=1S/C47H40N2O2/c1-4-23-46(37-25-30(2)18-20-35(37)44-39(46)27-32-12-8-10-16-41(32)48-44)29-47(24-22-43(50)51-34-14-6-5-7-15-34)38-26-31(3)19-21-36(38)45-40(47)28-33-13-9-11-17-42(33)49-45/h5-21,25-28H,4,22-24,29H2,1-3H3. The Morgan fingerprint density at radius 1 is 0.588 bits per heavy atom. The van der Waals surface area contributed by atoms with Gasteiger partial charge in [0.2, 0.25) is 0 Å². The summed E-state index contributed by atoms with van der Waals surface area (Å²) in [4.78, 5) is 24.6. The van der Waals surface area contributed by atoms with E-state index < -0.39 is 5.41 Å². The number of hydrogen-bond acceptors (Lipinski definition) is 4. The summed E-state index contributed by atoms with van der Waals surface area (Å²) in [6.07, 6.45) is 3.57. The van der Waals surface area contributed by atoms with Crippen LogP contribution in [0.2, 0.25) is 0 Å². The Morgan fingerprint density at radius 2 is 1.10 bits per heavy atom. The molecule has 4 nitrogen and oxygen atoms in total. The highest BCUT2D eigenvalue weighted by atomic mass is 16.5. The Morgan fingerprint density at radius 3 is 1.65 bits per heavy atom. The summed E-state index contributed by atoms with van der Waals surface area (Å²) < 4.78 is 5.94. The lowest BCUT2D eigenvalue weighted by atomic mass is 9.59. The Kier molecular flexibility index (Phi) is 7.39. The second-order valence-electron chi connectivity index (χ2n) is 14.6. The van der Waals surface area contributed by atoms with Crippen molar-refractivity contribution >= 4 is 27.8 Å². The topological polar surface area (TPSA) is 52.1 Å². The number of fused-ring (bicyclic) bond motifs is 8. The fourth-order valence-electron chi connectivity index (χ4n) is 9.21. The number of esters is 1. The van der Waals surface area contributed by atoms with Gasteiger partial charge in [0.15, 0.2) is 0 Å². The second-order valence-corrected chi connectivity index (χ2v) is 14.6. The van der Waals surface area contributed by atoms with Gasteiger partial charge >= 0.3 is 5.97 Å². The number of rotatable bonds is 8. The smallest absolute Gasteiger partial charge is 0.311 e. The molecule has 0 saturated heterocycles. The number of carbonyl (C=O) groups excluding carboxylic acids is 1. The molecule has 2 aliphatic rings. The summed E-state index contributed by atoms with van der Waals surface area (Å²) in [6.45, 7) is 6.66. The highest BCUT2D eigenvalue weighted by Crippen LogP contribution is 2.62. The monoisotopic (exact) mass is 664 g/mol. The van der Waals surface area contributed by atoms with Crippen molar-refractivity contribution in [1.29, 1.82) is 0 Å². The number of nitrogens with zero attached hydrogens (tertiary/aromatic N) is 2. The van der Waals surface area contributed by atoms with E-state index in [1.54, 1.807) is 0 Å². The van der Waals surface area contributed by atoms with Crippen LogP contribution in [-0.2, 0) is 15.6 Å². The highest BCUT2D eigenvalue weighted by molar-refractivity contribution is 5.91. The summed E-state index contributed by atoms with van der Waals surface area (Å²) in [6, 6.07) is 44.8. The van der Waals surface area contributed by atoms with Crippen LogP contribution in [0.15, 0.2) is 127 Å². The zero-order valence-corrected chi connectivity index (χ0v) is 29.4. The second kappa shape index (κ2) is 12.0. The molecule has 51 heavy (non-hydrogen) atoms. The van der Waals surface area contributed by atoms with Gasteiger partial charge in [-0.25, -0.2) is 9.97 Å². The SMILES string of the molecule is CCCC1(CC2(CCC(=O)Oc3ccccc3)c3cc(C)ccc3-c3nc4ccccc4cc32)c2cc(C)ccc2-c2nc3ccccc3cc21. The third-order valence-electron chi connectivity index (χ3n) is 11.4. The predicted octanol–water partition coefficient (Wildman–Crippen LogP) is 11.2. The van der Waals surface area contributed by atoms with Crippen molar-refractivity contribution in [2.45, 2.75) is 63.7 Å². The molecule has 250 valence electrons. The normalized spacial score (nSPS) is 18.3. The fraction of sp³-hybridized carbons (Fsp3) is 0.213. The van der Waals surface area contributed by atoms with E-state index in [9.17, 15) is 4.79 Å². The number of para-hydroxylation sites is 3. The van der Waals surface area contributed by atoms with Crippen LogP contribution in [0.3, 0.4) is 0 Å². The van der Waals surface area contributed by atoms with Gasteiger partial charge in [-0.05, 0) is 91.8 Å². The molecule has 2 aliphatic carbocycles. The molecule has 7 aromatic rings. The third kappa shape index (κ3) is 4.99. The van der Waals surface area contributed by atoms with Crippen LogP contribution < -0.4 is 4.74 Å². The maximum absolute atomic E-state index is 13.8. The molecule has 0 N–H and O–H groups in total. The Balaban J connectivity index is 1.31. The summed E-state index contributed by atoms with van der Waals surface area (Å²) >= 11 is 0. The van der Waals surface area contributed by atoms with Crippen molar-refractivity contribution in [3.63, 3.8) is 0 Å². The lowest BCUT2D eigenvalue weighted by Crippen LogP contribution is -2.38. The Labute approximate surface area is 299 Å². The van der Waals surface area contributed by atoms with Gasteiger partial charge < -0.3 is 4.74 Å². The molecule has 0 aliphatic heterocycles. The summed E-state index contributed by atoms with van der Waals surface area (Å²) in [5.41, 5.74) is 13.1. The fourth-order valence-corrected chi connectivity index (χ4v) is 9.21. The number of ether oxygens (including phenoxy) is 1. The van der Waals surface area contributed by atoms with Crippen LogP contribution in [0, 0.1) is 13.8 Å². The molecule has 9 rings (SSSR count). The number of hydrogen-bond donors (Lipinski definition) is 0. The summed E-state index contributed by atoms with van der Waals surface area (Å²) in [5.74, 6) is 0.346. The molecule has 2 aromatic heterocycles. The average Bonchev–Trinajstić information content (AvgIpc) is 3.54. The van der Waals surface area contributed by atoms with E-state index in [4.69, 9.17) is 14.7 Å². The first-order valence-corrected chi connectivity index (χ1v) is 18.2. The van der Waals surface area contributed by atoms with Gasteiger partial charge in [0.25, 0.3) is 0 Å². The molecule has 0 saturated carbocycles. The molecular weight excluding hydrogens is 625 g/mol. The number of benzene rings is 5. The van der Waals surface area contributed by atoms with Crippen LogP contribution in [0.25, 0.3) is 44.3 Å². The highest BCUT2D eigenvalue weighted by Gasteiger charge is 2.53. The van der Waals surface area contributed by atoms with Gasteiger partial charge in [0.1, 0.15) is 5.75 Å². The molecule has 4 heteroatoms. The predicted molar refractivity (Wildman–Crippen MR) is 206 cm³/mol. The summed E-state index contributed by atoms with van der Waals surface area (Å²) in [7, 11) is 0. The number of carbonyl (C=O) groups is 1. The first-order valence-electron chi connectivity index (χ1n) is 18.2. The van der Waals surface area contributed by atoms with E-state index >= 15 is 0 Å². The summed E-state index contributed by atoms with van der Waals surface area (Å²) in [5, 5.41) is 2.26. The molecule has 0 fully saturated rings. The van der Waals surface area contributed by atoms with Crippen LogP contribution in [0.1, 0.15) is 72.4 Å². The molecule has 2 unspecified atom stereocenters. The Bertz CT molecular complexity index is 2500. The van der Waals surface area contributed by atoms with Crippen molar-refractivity contribution in [3.8, 4) is 28.3 Å². The van der Waals surface area contributed by atoms with Gasteiger partial charge in [-0.2, -0.15) is 0 Å². The van der Waals surface area contributed by atoms with Crippen LogP contribution >= 0.6 is 0 Å². The molecule has 0 bridgehead atoms. The van der Waals surface area contributed by atoms with Gasteiger partial charge in [-0.15, -0.1) is 0 Å². The molecule has 5 aromatic carbocycles. The number of aryl methyl sites for hydroxylation is 2. The van der Waals surface area contributed by atoms with E-state index in [1.807, 2.05) is 30.3 Å². The maximum Gasteiger partial charge on any atom is 0.311 e. The number of aromatic nitrogens is 2. The third-order valence-corrected chi connectivity index (χ3v) is 11.4. The van der Waals surface area contributed by atoms with E-state index in [0.717, 1.165) is 58.0 Å². The van der Waals surface area contributed by atoms with E-state index in [2.05, 4.69) is 118 Å². The van der Waals surface area contributed by atoms with Gasteiger partial charge in [0, 0.05) is 39.2 Å². The molecule has 0 amide bonds. The molecule has 0 radical (unpaired) electrons. The number of pyridine rings is 2. The quantitative estimate of drug-likeness (QED) is 0.120. The van der Waals surface area contributed by atoms with Crippen molar-refractivity contribution < 1.29 is 9.53 Å². The maximum atomic E-state index is 13.8. The zero-order valence-electron chi connectivity index (χ0n) is 29.4. The average molecular weight is 665 g/mol. The largest absolute Gasteiger partial charge is 0.427 e. The minimum absolute atomic E-state index is 0.225. The van der Waals surface area contributed by atoms with Crippen LogP contribution in [-0.4, -0.2) is 15.9 Å². The zero-order chi connectivity index (χ0) is 34.7. The lowest BCUT2D eigenvalue weighted by Gasteiger charge is -2.42. The van der Waals surface area contributed by atoms with Gasteiger partial charge in [0.05, 0.1) is 22.4 Å². The lowest BCUT2D eigenvalue weighted by molar-refractivity contribution is -0.134. The van der Waals surface area contributed by atoms with E-state index in [1.165, 1.54) is 38.9 Å². The van der Waals surface area contributed by atoms with Gasteiger partial charge in [-0.1, -0.05) is 115 Å². The van der Waals surface area contributed by atoms with Crippen molar-refractivity contribution in [2.24, 2.45) is 0 Å². The molecule has 0 spiro atoms. The van der Waals surface area contributed by atoms with Crippen molar-refractivity contribution in [2.75, 3.05) is 0 Å². The molecule has 2 heterocycles. The van der Waals surface area contributed by atoms with Gasteiger partial charge in [-0.3, -0.25) is 4.79 Å². The molecule has 2 atom stereocenters. The first kappa shape index (κ1) is 31.4. The van der Waals surface area contributed by atoms with Crippen molar-refractivity contribution in [3.05, 3.63) is 161 Å². The van der Waals surface area contributed by atoms with E-state index in [-0.39, 0.29) is 17.8 Å². The Hall–Kier alpha value is -5.61. The first-order chi connectivity index (χ1) is 24.9. The van der Waals surface area contributed by atoms with E-state index in [0.29, 0.717) is 12.2 Å². The van der Waals surface area contributed by atoms with Crippen LogP contribution in [0.4, 0.5) is 0 Å². The van der Waals surface area contributed by atoms with Crippen molar-refractivity contribution in [1.82, 2.24) is 9.97 Å². The van der Waals surface area contributed by atoms with Crippen LogP contribution in [0.5, 0.6) is 5.75 Å². The minimum atomic E-state index is -0.535.